The van der Waals surface area contributed by atoms with E-state index in [4.69, 9.17) is 28.5 Å². The van der Waals surface area contributed by atoms with Crippen LogP contribution in [-0.2, 0) is 6.54 Å². The van der Waals surface area contributed by atoms with Gasteiger partial charge in [0.1, 0.15) is 0 Å². The van der Waals surface area contributed by atoms with E-state index in [2.05, 4.69) is 11.4 Å². The second kappa shape index (κ2) is 5.97. The summed E-state index contributed by atoms with van der Waals surface area (Å²) in [5.41, 5.74) is 3.72. The number of nitrogens with one attached hydrogen (secondary N) is 1. The third-order valence-corrected chi connectivity index (χ3v) is 3.57. The van der Waals surface area contributed by atoms with E-state index in [9.17, 15) is 0 Å². The van der Waals surface area contributed by atoms with Crippen molar-refractivity contribution in [1.29, 1.82) is 5.26 Å². The number of nitrogens with zero attached hydrogens (tertiary/aromatic N) is 1. The first-order valence-corrected chi connectivity index (χ1v) is 6.54. The van der Waals surface area contributed by atoms with Crippen molar-refractivity contribution in [2.75, 3.05) is 5.32 Å². The van der Waals surface area contributed by atoms with Crippen LogP contribution >= 0.6 is 23.2 Å². The maximum Gasteiger partial charge on any atom is 0.0992 e. The topological polar surface area (TPSA) is 35.8 Å². The first kappa shape index (κ1) is 13.7. The van der Waals surface area contributed by atoms with Gasteiger partial charge in [-0.1, -0.05) is 35.3 Å². The van der Waals surface area contributed by atoms with Gasteiger partial charge < -0.3 is 5.32 Å². The summed E-state index contributed by atoms with van der Waals surface area (Å²) in [6.07, 6.45) is 0. The first-order chi connectivity index (χ1) is 9.10. The van der Waals surface area contributed by atoms with E-state index in [1.54, 1.807) is 12.1 Å². The van der Waals surface area contributed by atoms with E-state index in [1.165, 1.54) is 0 Å². The van der Waals surface area contributed by atoms with E-state index in [1.807, 2.05) is 31.2 Å². The fourth-order valence-corrected chi connectivity index (χ4v) is 2.05. The summed E-state index contributed by atoms with van der Waals surface area (Å²) in [4.78, 5) is 0. The number of anilines is 1. The Bertz CT molecular complexity index is 645. The quantitative estimate of drug-likeness (QED) is 0.882. The zero-order valence-corrected chi connectivity index (χ0v) is 11.9. The molecule has 2 aromatic rings. The minimum atomic E-state index is 0.545. The van der Waals surface area contributed by atoms with Crippen LogP contribution in [0.3, 0.4) is 0 Å². The van der Waals surface area contributed by atoms with Crippen LogP contribution in [0.5, 0.6) is 0 Å². The van der Waals surface area contributed by atoms with Crippen molar-refractivity contribution in [1.82, 2.24) is 0 Å². The van der Waals surface area contributed by atoms with Gasteiger partial charge in [0.2, 0.25) is 0 Å². The molecule has 2 aromatic carbocycles. The average molecular weight is 291 g/mol. The van der Waals surface area contributed by atoms with Gasteiger partial charge in [0.05, 0.1) is 21.7 Å². The summed E-state index contributed by atoms with van der Waals surface area (Å²) in [5.74, 6) is 0. The van der Waals surface area contributed by atoms with Crippen molar-refractivity contribution in [2.24, 2.45) is 0 Å². The van der Waals surface area contributed by atoms with Gasteiger partial charge in [-0.2, -0.15) is 5.26 Å². The predicted octanol–water partition coefficient (Wildman–Crippen LogP) is 4.79. The Kier molecular flexibility index (Phi) is 4.31. The van der Waals surface area contributed by atoms with Crippen LogP contribution in [0.2, 0.25) is 10.0 Å². The smallest absolute Gasteiger partial charge is 0.0992 e. The standard InChI is InChI=1S/C15H12Cl2N2/c1-10-2-3-11(8-18)7-15(10)19-9-12-4-5-13(16)14(17)6-12/h2-7,19H,9H2,1H3. The van der Waals surface area contributed by atoms with E-state index in [-0.39, 0.29) is 0 Å². The molecule has 0 fully saturated rings. The van der Waals surface area contributed by atoms with Gasteiger partial charge in [-0.15, -0.1) is 0 Å². The van der Waals surface area contributed by atoms with Crippen molar-refractivity contribution in [2.45, 2.75) is 13.5 Å². The van der Waals surface area contributed by atoms with Gasteiger partial charge in [0.15, 0.2) is 0 Å². The number of benzene rings is 2. The molecule has 0 saturated heterocycles. The Hall–Kier alpha value is -1.69. The molecule has 0 aliphatic carbocycles. The Morgan fingerprint density at radius 1 is 1.11 bits per heavy atom. The third kappa shape index (κ3) is 3.41. The molecule has 1 N–H and O–H groups in total. The van der Waals surface area contributed by atoms with Crippen LogP contribution in [0.4, 0.5) is 5.69 Å². The molecular formula is C15H12Cl2N2. The van der Waals surface area contributed by atoms with Gasteiger partial charge in [-0.25, -0.2) is 0 Å². The monoisotopic (exact) mass is 290 g/mol. The maximum absolute atomic E-state index is 8.90. The molecular weight excluding hydrogens is 279 g/mol. The molecule has 0 amide bonds. The normalized spacial score (nSPS) is 10.0. The fraction of sp³-hybridized carbons (Fsp3) is 0.133. The summed E-state index contributed by atoms with van der Waals surface area (Å²) in [6, 6.07) is 13.2. The molecule has 0 heterocycles. The lowest BCUT2D eigenvalue weighted by Gasteiger charge is -2.10. The molecule has 0 atom stereocenters. The number of rotatable bonds is 3. The third-order valence-electron chi connectivity index (χ3n) is 2.83. The van der Waals surface area contributed by atoms with Crippen LogP contribution in [-0.4, -0.2) is 0 Å². The second-order valence-electron chi connectivity index (χ2n) is 4.24. The summed E-state index contributed by atoms with van der Waals surface area (Å²) in [7, 11) is 0. The number of hydrogen-bond acceptors (Lipinski definition) is 2. The number of halogens is 2. The molecule has 0 spiro atoms. The molecule has 4 heteroatoms. The molecule has 0 aliphatic rings. The van der Waals surface area contributed by atoms with Crippen LogP contribution in [0.1, 0.15) is 16.7 Å². The van der Waals surface area contributed by atoms with Crippen molar-refractivity contribution in [3.8, 4) is 6.07 Å². The number of hydrogen-bond donors (Lipinski definition) is 1. The van der Waals surface area contributed by atoms with Crippen LogP contribution < -0.4 is 5.32 Å². The lowest BCUT2D eigenvalue weighted by atomic mass is 10.1. The van der Waals surface area contributed by atoms with Crippen LogP contribution in [0.15, 0.2) is 36.4 Å². The zero-order valence-electron chi connectivity index (χ0n) is 10.4. The van der Waals surface area contributed by atoms with E-state index in [0.29, 0.717) is 22.2 Å². The summed E-state index contributed by atoms with van der Waals surface area (Å²) in [6.45, 7) is 2.63. The van der Waals surface area contributed by atoms with Crippen LogP contribution in [0, 0.1) is 18.3 Å². The van der Waals surface area contributed by atoms with Gasteiger partial charge >= 0.3 is 0 Å². The summed E-state index contributed by atoms with van der Waals surface area (Å²) in [5, 5.41) is 13.3. The molecule has 0 saturated carbocycles. The molecule has 19 heavy (non-hydrogen) atoms. The first-order valence-electron chi connectivity index (χ1n) is 5.78. The molecule has 0 aliphatic heterocycles. The average Bonchev–Trinajstić information content (AvgIpc) is 2.41. The van der Waals surface area contributed by atoms with Gasteiger partial charge in [0.25, 0.3) is 0 Å². The second-order valence-corrected chi connectivity index (χ2v) is 5.06. The Morgan fingerprint density at radius 3 is 2.58 bits per heavy atom. The highest BCUT2D eigenvalue weighted by molar-refractivity contribution is 6.42. The molecule has 2 nitrogen and oxygen atoms in total. The lowest BCUT2D eigenvalue weighted by Crippen LogP contribution is -2.01. The van der Waals surface area contributed by atoms with Gasteiger partial charge in [0, 0.05) is 12.2 Å². The maximum atomic E-state index is 8.90. The molecule has 0 aromatic heterocycles. The minimum Gasteiger partial charge on any atom is -0.381 e. The molecule has 0 unspecified atom stereocenters. The van der Waals surface area contributed by atoms with Crippen molar-refractivity contribution in [3.63, 3.8) is 0 Å². The largest absolute Gasteiger partial charge is 0.381 e. The molecule has 0 radical (unpaired) electrons. The highest BCUT2D eigenvalue weighted by atomic mass is 35.5. The van der Waals surface area contributed by atoms with Crippen molar-refractivity contribution < 1.29 is 0 Å². The summed E-state index contributed by atoms with van der Waals surface area (Å²) < 4.78 is 0. The fourth-order valence-electron chi connectivity index (χ4n) is 1.73. The highest BCUT2D eigenvalue weighted by Gasteiger charge is 2.02. The van der Waals surface area contributed by atoms with Crippen molar-refractivity contribution in [3.05, 3.63) is 63.1 Å². The van der Waals surface area contributed by atoms with E-state index >= 15 is 0 Å². The lowest BCUT2D eigenvalue weighted by molar-refractivity contribution is 1.14. The molecule has 0 bridgehead atoms. The van der Waals surface area contributed by atoms with Crippen molar-refractivity contribution >= 4 is 28.9 Å². The summed E-state index contributed by atoms with van der Waals surface area (Å²) >= 11 is 11.8. The van der Waals surface area contributed by atoms with Gasteiger partial charge in [-0.05, 0) is 42.3 Å². The predicted molar refractivity (Wildman–Crippen MR) is 79.7 cm³/mol. The Morgan fingerprint density at radius 2 is 1.89 bits per heavy atom. The van der Waals surface area contributed by atoms with Crippen LogP contribution in [0.25, 0.3) is 0 Å². The van der Waals surface area contributed by atoms with E-state index in [0.717, 1.165) is 16.8 Å². The number of aryl methyl sites for hydroxylation is 1. The molecule has 2 rings (SSSR count). The van der Waals surface area contributed by atoms with E-state index < -0.39 is 0 Å². The minimum absolute atomic E-state index is 0.545. The Labute approximate surface area is 122 Å². The zero-order chi connectivity index (χ0) is 13.8. The van der Waals surface area contributed by atoms with Gasteiger partial charge in [-0.3, -0.25) is 0 Å². The molecule has 96 valence electrons. The SMILES string of the molecule is Cc1ccc(C#N)cc1NCc1ccc(Cl)c(Cl)c1. The Balaban J connectivity index is 2.14. The number of nitriles is 1. The highest BCUT2D eigenvalue weighted by Crippen LogP contribution is 2.23.